The predicted octanol–water partition coefficient (Wildman–Crippen LogP) is 1.66. The van der Waals surface area contributed by atoms with Gasteiger partial charge in [-0.25, -0.2) is 0 Å². The van der Waals surface area contributed by atoms with Crippen molar-refractivity contribution < 1.29 is 9.59 Å². The fourth-order valence-electron chi connectivity index (χ4n) is 1.55. The molecule has 0 fully saturated rings. The van der Waals surface area contributed by atoms with Crippen molar-refractivity contribution in [2.45, 2.75) is 26.9 Å². The minimum atomic E-state index is -0.134. The average Bonchev–Trinajstić information content (AvgIpc) is 2.14. The molecule has 1 atom stereocenters. The van der Waals surface area contributed by atoms with Crippen LogP contribution in [0.5, 0.6) is 0 Å². The molecule has 0 amide bonds. The van der Waals surface area contributed by atoms with Crippen molar-refractivity contribution in [1.29, 1.82) is 0 Å². The van der Waals surface area contributed by atoms with Gasteiger partial charge in [-0.05, 0) is 20.8 Å². The van der Waals surface area contributed by atoms with E-state index >= 15 is 0 Å². The Hall–Kier alpha value is 0.650. The summed E-state index contributed by atoms with van der Waals surface area (Å²) < 4.78 is 1.89. The van der Waals surface area contributed by atoms with Gasteiger partial charge < -0.3 is 9.59 Å². The van der Waals surface area contributed by atoms with E-state index < -0.39 is 0 Å². The standard InChI is InChI=1S/C9H21INO/c1-4-11(5-2,6-3)8-9(12)7-10/h9,12H,4-8H2,1-3H3/q+1. The predicted molar refractivity (Wildman–Crippen MR) is 61.6 cm³/mol. The number of likely N-dealkylation sites (N-methyl/N-ethyl adjacent to an activating group) is 1. The number of hydrogen-bond acceptors (Lipinski definition) is 1. The maximum absolute atomic E-state index is 9.56. The Morgan fingerprint density at radius 2 is 1.58 bits per heavy atom. The van der Waals surface area contributed by atoms with Gasteiger partial charge in [-0.3, -0.25) is 0 Å². The third-order valence-corrected chi connectivity index (χ3v) is 3.81. The third-order valence-electron chi connectivity index (χ3n) is 2.79. The Labute approximate surface area is 89.7 Å². The van der Waals surface area contributed by atoms with Gasteiger partial charge in [0, 0.05) is 4.43 Å². The van der Waals surface area contributed by atoms with Crippen LogP contribution < -0.4 is 0 Å². The van der Waals surface area contributed by atoms with E-state index in [0.29, 0.717) is 0 Å². The molecule has 0 aliphatic heterocycles. The fraction of sp³-hybridized carbons (Fsp3) is 1.00. The number of quaternary nitrogens is 1. The van der Waals surface area contributed by atoms with Gasteiger partial charge in [0.1, 0.15) is 12.6 Å². The molecule has 0 saturated carbocycles. The van der Waals surface area contributed by atoms with Crippen molar-refractivity contribution in [3.63, 3.8) is 0 Å². The van der Waals surface area contributed by atoms with Crippen LogP contribution in [0.2, 0.25) is 0 Å². The maximum Gasteiger partial charge on any atom is 0.112 e. The van der Waals surface area contributed by atoms with E-state index in [4.69, 9.17) is 0 Å². The second-order valence-corrected chi connectivity index (χ2v) is 4.16. The lowest BCUT2D eigenvalue weighted by atomic mass is 10.2. The molecule has 0 aliphatic carbocycles. The van der Waals surface area contributed by atoms with Gasteiger partial charge in [0.15, 0.2) is 0 Å². The Bertz CT molecular complexity index is 107. The minimum Gasteiger partial charge on any atom is -0.386 e. The Kier molecular flexibility index (Phi) is 6.49. The van der Waals surface area contributed by atoms with Crippen LogP contribution in [0.3, 0.4) is 0 Å². The molecule has 1 N–H and O–H groups in total. The van der Waals surface area contributed by atoms with Crippen molar-refractivity contribution >= 4 is 22.6 Å². The van der Waals surface area contributed by atoms with E-state index in [0.717, 1.165) is 35.1 Å². The summed E-state index contributed by atoms with van der Waals surface area (Å²) >= 11 is 2.24. The molecule has 0 aromatic rings. The zero-order valence-corrected chi connectivity index (χ0v) is 10.5. The second-order valence-electron chi connectivity index (χ2n) is 3.28. The molecule has 3 heteroatoms. The minimum absolute atomic E-state index is 0.134. The van der Waals surface area contributed by atoms with Gasteiger partial charge in [-0.1, -0.05) is 22.6 Å². The third kappa shape index (κ3) is 3.58. The Morgan fingerprint density at radius 1 is 1.17 bits per heavy atom. The number of rotatable bonds is 6. The highest BCUT2D eigenvalue weighted by atomic mass is 127. The summed E-state index contributed by atoms with van der Waals surface area (Å²) in [5.74, 6) is 0. The van der Waals surface area contributed by atoms with Crippen LogP contribution in [-0.2, 0) is 0 Å². The zero-order chi connectivity index (χ0) is 9.61. The van der Waals surface area contributed by atoms with Gasteiger partial charge in [-0.15, -0.1) is 0 Å². The topological polar surface area (TPSA) is 20.2 Å². The van der Waals surface area contributed by atoms with Crippen molar-refractivity contribution in [1.82, 2.24) is 0 Å². The van der Waals surface area contributed by atoms with E-state index in [-0.39, 0.29) is 6.10 Å². The second kappa shape index (κ2) is 6.16. The molecular formula is C9H21INO+. The summed E-state index contributed by atoms with van der Waals surface area (Å²) in [7, 11) is 0. The molecule has 0 bridgehead atoms. The van der Waals surface area contributed by atoms with Crippen molar-refractivity contribution in [3.8, 4) is 0 Å². The highest BCUT2D eigenvalue weighted by molar-refractivity contribution is 14.1. The first kappa shape index (κ1) is 12.7. The first-order valence-corrected chi connectivity index (χ1v) is 6.25. The van der Waals surface area contributed by atoms with Gasteiger partial charge in [0.05, 0.1) is 19.6 Å². The summed E-state index contributed by atoms with van der Waals surface area (Å²) in [6.07, 6.45) is -0.134. The van der Waals surface area contributed by atoms with E-state index in [2.05, 4.69) is 43.4 Å². The molecule has 1 unspecified atom stereocenters. The van der Waals surface area contributed by atoms with Crippen molar-refractivity contribution in [2.75, 3.05) is 30.6 Å². The fourth-order valence-corrected chi connectivity index (χ4v) is 1.83. The lowest BCUT2D eigenvalue weighted by Gasteiger charge is -2.37. The summed E-state index contributed by atoms with van der Waals surface area (Å²) in [4.78, 5) is 0. The lowest BCUT2D eigenvalue weighted by Crippen LogP contribution is -2.52. The molecule has 0 heterocycles. The molecule has 0 aromatic carbocycles. The van der Waals surface area contributed by atoms with Crippen LogP contribution in [0.15, 0.2) is 0 Å². The molecular weight excluding hydrogens is 265 g/mol. The van der Waals surface area contributed by atoms with Crippen LogP contribution in [0.1, 0.15) is 20.8 Å². The van der Waals surface area contributed by atoms with E-state index in [1.165, 1.54) is 0 Å². The largest absolute Gasteiger partial charge is 0.386 e. The summed E-state index contributed by atoms with van der Waals surface area (Å²) in [6.45, 7) is 10.9. The highest BCUT2D eigenvalue weighted by Gasteiger charge is 2.23. The molecule has 0 spiro atoms. The lowest BCUT2D eigenvalue weighted by molar-refractivity contribution is -0.925. The normalized spacial score (nSPS) is 14.8. The zero-order valence-electron chi connectivity index (χ0n) is 8.39. The van der Waals surface area contributed by atoms with Crippen LogP contribution in [0.4, 0.5) is 0 Å². The molecule has 74 valence electrons. The molecule has 12 heavy (non-hydrogen) atoms. The molecule has 0 aromatic heterocycles. The van der Waals surface area contributed by atoms with E-state index in [9.17, 15) is 5.11 Å². The number of aliphatic hydroxyl groups excluding tert-OH is 1. The van der Waals surface area contributed by atoms with Gasteiger partial charge in [-0.2, -0.15) is 0 Å². The number of hydrogen-bond donors (Lipinski definition) is 1. The summed E-state index contributed by atoms with van der Waals surface area (Å²) in [6, 6.07) is 0. The first-order valence-electron chi connectivity index (χ1n) is 4.73. The maximum atomic E-state index is 9.56. The molecule has 0 rings (SSSR count). The summed E-state index contributed by atoms with van der Waals surface area (Å²) in [5.41, 5.74) is 0. The quantitative estimate of drug-likeness (QED) is 0.447. The van der Waals surface area contributed by atoms with Crippen LogP contribution in [-0.4, -0.2) is 46.3 Å². The van der Waals surface area contributed by atoms with Gasteiger partial charge in [0.2, 0.25) is 0 Å². The van der Waals surface area contributed by atoms with Crippen LogP contribution in [0, 0.1) is 0 Å². The summed E-state index contributed by atoms with van der Waals surface area (Å²) in [5, 5.41) is 9.56. The van der Waals surface area contributed by atoms with E-state index in [1.807, 2.05) is 0 Å². The number of nitrogens with zero attached hydrogens (tertiary/aromatic N) is 1. The van der Waals surface area contributed by atoms with Crippen LogP contribution in [0.25, 0.3) is 0 Å². The molecule has 0 aliphatic rings. The number of aliphatic hydroxyl groups is 1. The SMILES string of the molecule is CC[N+](CC)(CC)CC(O)CI. The van der Waals surface area contributed by atoms with Gasteiger partial charge in [0.25, 0.3) is 0 Å². The Morgan fingerprint density at radius 3 is 1.83 bits per heavy atom. The highest BCUT2D eigenvalue weighted by Crippen LogP contribution is 2.08. The van der Waals surface area contributed by atoms with Crippen LogP contribution >= 0.6 is 22.6 Å². The molecule has 2 nitrogen and oxygen atoms in total. The van der Waals surface area contributed by atoms with E-state index in [1.54, 1.807) is 0 Å². The molecule has 0 radical (unpaired) electrons. The number of halogens is 1. The molecule has 0 saturated heterocycles. The first-order chi connectivity index (χ1) is 5.64. The van der Waals surface area contributed by atoms with Crippen molar-refractivity contribution in [3.05, 3.63) is 0 Å². The monoisotopic (exact) mass is 286 g/mol. The average molecular weight is 286 g/mol. The van der Waals surface area contributed by atoms with Gasteiger partial charge >= 0.3 is 0 Å². The smallest absolute Gasteiger partial charge is 0.112 e. The number of alkyl halides is 1. The van der Waals surface area contributed by atoms with Crippen molar-refractivity contribution in [2.24, 2.45) is 0 Å². The Balaban J connectivity index is 4.09.